The molecule has 0 saturated heterocycles. The smallest absolute Gasteiger partial charge is 0.0549 e. The van der Waals surface area contributed by atoms with Crippen LogP contribution < -0.4 is 0 Å². The van der Waals surface area contributed by atoms with Gasteiger partial charge in [0.25, 0.3) is 0 Å². The SMILES string of the molecule is c1ccc(-c2cccc3c2c2c4c5ccccc5n(-c5ccccc5-c5ccc6c7ccccc7n(-c7ccccc7)c6c5)c4ccc2n3-c2ccccc2)cc1. The molecule has 0 fully saturated rings. The Kier molecular flexibility index (Phi) is 6.93. The summed E-state index contributed by atoms with van der Waals surface area (Å²) >= 11 is 0. The molecule has 12 rings (SSSR count). The number of nitrogens with zero attached hydrogens (tertiary/aromatic N) is 3. The third-order valence-electron chi connectivity index (χ3n) is 11.8. The summed E-state index contributed by atoms with van der Waals surface area (Å²) in [5.41, 5.74) is 15.4. The first-order chi connectivity index (χ1) is 28.3. The summed E-state index contributed by atoms with van der Waals surface area (Å²) < 4.78 is 7.34. The van der Waals surface area contributed by atoms with Crippen molar-refractivity contribution in [3.8, 4) is 39.3 Å². The summed E-state index contributed by atoms with van der Waals surface area (Å²) in [7, 11) is 0. The standard InChI is InChI=1S/C54H35N3/c1-4-17-36(18-5-1)41-26-16-30-48-52(41)54-50(56(48)39-21-8-3-9-22-39)34-33-49-53(54)44-25-12-15-29-47(44)57(49)45-27-13-10-23-40(45)37-31-32-43-42-24-11-14-28-46(42)55(51(43)35-37)38-19-6-2-7-20-38/h1-35H. The van der Waals surface area contributed by atoms with Gasteiger partial charge in [0.2, 0.25) is 0 Å². The maximum atomic E-state index is 2.49. The Morgan fingerprint density at radius 1 is 0.246 bits per heavy atom. The molecule has 0 spiro atoms. The Labute approximate surface area is 329 Å². The van der Waals surface area contributed by atoms with Crippen LogP contribution in [0.2, 0.25) is 0 Å². The van der Waals surface area contributed by atoms with Gasteiger partial charge in [0.15, 0.2) is 0 Å². The molecule has 0 N–H and O–H groups in total. The number of hydrogen-bond acceptors (Lipinski definition) is 0. The normalized spacial score (nSPS) is 11.9. The Morgan fingerprint density at radius 3 is 1.49 bits per heavy atom. The minimum Gasteiger partial charge on any atom is -0.309 e. The van der Waals surface area contributed by atoms with E-state index < -0.39 is 0 Å². The van der Waals surface area contributed by atoms with Crippen LogP contribution in [0.25, 0.3) is 105 Å². The van der Waals surface area contributed by atoms with Gasteiger partial charge in [-0.05, 0) is 83.4 Å². The zero-order chi connectivity index (χ0) is 37.5. The van der Waals surface area contributed by atoms with E-state index in [0.29, 0.717) is 0 Å². The quantitative estimate of drug-likeness (QED) is 0.168. The summed E-state index contributed by atoms with van der Waals surface area (Å²) in [6.45, 7) is 0. The molecule has 0 bridgehead atoms. The van der Waals surface area contributed by atoms with Gasteiger partial charge in [-0.1, -0.05) is 146 Å². The second-order valence-corrected chi connectivity index (χ2v) is 14.9. The predicted molar refractivity (Wildman–Crippen MR) is 240 cm³/mol. The number of aromatic nitrogens is 3. The highest BCUT2D eigenvalue weighted by atomic mass is 15.0. The van der Waals surface area contributed by atoms with Crippen LogP contribution in [0, 0.1) is 0 Å². The molecule has 0 atom stereocenters. The lowest BCUT2D eigenvalue weighted by atomic mass is 9.97. The van der Waals surface area contributed by atoms with Crippen molar-refractivity contribution < 1.29 is 0 Å². The Hall–Kier alpha value is -7.62. The highest BCUT2D eigenvalue weighted by Gasteiger charge is 2.24. The van der Waals surface area contributed by atoms with Gasteiger partial charge in [-0.2, -0.15) is 0 Å². The highest BCUT2D eigenvalue weighted by molar-refractivity contribution is 6.31. The van der Waals surface area contributed by atoms with Crippen LogP contribution in [-0.4, -0.2) is 13.7 Å². The van der Waals surface area contributed by atoms with Gasteiger partial charge in [-0.25, -0.2) is 0 Å². The Bertz CT molecular complexity index is 3500. The Balaban J connectivity index is 1.18. The van der Waals surface area contributed by atoms with Crippen molar-refractivity contribution in [2.24, 2.45) is 0 Å². The van der Waals surface area contributed by atoms with Crippen molar-refractivity contribution in [3.05, 3.63) is 212 Å². The summed E-state index contributed by atoms with van der Waals surface area (Å²) in [4.78, 5) is 0. The zero-order valence-electron chi connectivity index (χ0n) is 31.0. The molecule has 3 heteroatoms. The number of hydrogen-bond donors (Lipinski definition) is 0. The van der Waals surface area contributed by atoms with Gasteiger partial charge in [0, 0.05) is 49.3 Å². The molecule has 3 aromatic heterocycles. The molecule has 0 amide bonds. The molecule has 0 aliphatic carbocycles. The summed E-state index contributed by atoms with van der Waals surface area (Å²) in [5.74, 6) is 0. The molecule has 0 unspecified atom stereocenters. The molecule has 9 aromatic carbocycles. The first-order valence-electron chi connectivity index (χ1n) is 19.6. The van der Waals surface area contributed by atoms with E-state index in [1.165, 1.54) is 87.7 Å². The van der Waals surface area contributed by atoms with E-state index in [0.717, 1.165) is 17.1 Å². The van der Waals surface area contributed by atoms with Crippen LogP contribution in [0.5, 0.6) is 0 Å². The lowest BCUT2D eigenvalue weighted by Crippen LogP contribution is -1.98. The van der Waals surface area contributed by atoms with Gasteiger partial charge in [-0.3, -0.25) is 0 Å². The molecule has 0 saturated carbocycles. The van der Waals surface area contributed by atoms with Crippen molar-refractivity contribution in [1.29, 1.82) is 0 Å². The van der Waals surface area contributed by atoms with E-state index in [1.807, 2.05) is 0 Å². The van der Waals surface area contributed by atoms with Crippen LogP contribution in [0.1, 0.15) is 0 Å². The Morgan fingerprint density at radius 2 is 0.754 bits per heavy atom. The monoisotopic (exact) mass is 725 g/mol. The fraction of sp³-hybridized carbons (Fsp3) is 0. The van der Waals surface area contributed by atoms with Gasteiger partial charge >= 0.3 is 0 Å². The van der Waals surface area contributed by atoms with Gasteiger partial charge in [0.1, 0.15) is 0 Å². The third kappa shape index (κ3) is 4.66. The molecule has 0 aliphatic rings. The molecule has 3 nitrogen and oxygen atoms in total. The summed E-state index contributed by atoms with van der Waals surface area (Å²) in [6, 6.07) is 77.3. The second-order valence-electron chi connectivity index (χ2n) is 14.9. The molecule has 266 valence electrons. The van der Waals surface area contributed by atoms with E-state index in [1.54, 1.807) is 0 Å². The topological polar surface area (TPSA) is 14.8 Å². The molecule has 12 aromatic rings. The zero-order valence-corrected chi connectivity index (χ0v) is 31.0. The van der Waals surface area contributed by atoms with Crippen molar-refractivity contribution in [3.63, 3.8) is 0 Å². The third-order valence-corrected chi connectivity index (χ3v) is 11.8. The molecular weight excluding hydrogens is 691 g/mol. The second kappa shape index (κ2) is 12.5. The molecule has 3 heterocycles. The molecule has 0 aliphatic heterocycles. The average Bonchev–Trinajstić information content (AvgIpc) is 3.92. The van der Waals surface area contributed by atoms with Crippen LogP contribution >= 0.6 is 0 Å². The number of fused-ring (bicyclic) bond motifs is 10. The van der Waals surface area contributed by atoms with E-state index in [9.17, 15) is 0 Å². The largest absolute Gasteiger partial charge is 0.309 e. The number of para-hydroxylation sites is 5. The molecular formula is C54H35N3. The fourth-order valence-electron chi connectivity index (χ4n) is 9.49. The predicted octanol–water partition coefficient (Wildman–Crippen LogP) is 14.3. The summed E-state index contributed by atoms with van der Waals surface area (Å²) in [6.07, 6.45) is 0. The maximum absolute atomic E-state index is 2.49. The van der Waals surface area contributed by atoms with Crippen LogP contribution in [0.3, 0.4) is 0 Å². The van der Waals surface area contributed by atoms with Crippen molar-refractivity contribution in [2.75, 3.05) is 0 Å². The number of rotatable bonds is 5. The van der Waals surface area contributed by atoms with E-state index in [4.69, 9.17) is 0 Å². The minimum absolute atomic E-state index is 1.15. The first-order valence-corrected chi connectivity index (χ1v) is 19.6. The van der Waals surface area contributed by atoms with Gasteiger partial charge < -0.3 is 13.7 Å². The van der Waals surface area contributed by atoms with Crippen molar-refractivity contribution in [2.45, 2.75) is 0 Å². The lowest BCUT2D eigenvalue weighted by Gasteiger charge is -2.15. The highest BCUT2D eigenvalue weighted by Crippen LogP contribution is 2.46. The van der Waals surface area contributed by atoms with Gasteiger partial charge in [-0.15, -0.1) is 0 Å². The van der Waals surface area contributed by atoms with Crippen molar-refractivity contribution in [1.82, 2.24) is 13.7 Å². The minimum atomic E-state index is 1.15. The van der Waals surface area contributed by atoms with Crippen LogP contribution in [0.15, 0.2) is 212 Å². The van der Waals surface area contributed by atoms with Crippen LogP contribution in [0.4, 0.5) is 0 Å². The molecule has 0 radical (unpaired) electrons. The number of benzene rings is 9. The van der Waals surface area contributed by atoms with Gasteiger partial charge in [0.05, 0.1) is 38.8 Å². The van der Waals surface area contributed by atoms with E-state index in [2.05, 4.69) is 226 Å². The average molecular weight is 726 g/mol. The van der Waals surface area contributed by atoms with Crippen molar-refractivity contribution >= 4 is 65.4 Å². The van der Waals surface area contributed by atoms with E-state index in [-0.39, 0.29) is 0 Å². The lowest BCUT2D eigenvalue weighted by molar-refractivity contribution is 1.17. The first kappa shape index (κ1) is 31.7. The maximum Gasteiger partial charge on any atom is 0.0549 e. The summed E-state index contributed by atoms with van der Waals surface area (Å²) in [5, 5.41) is 7.55. The molecule has 57 heavy (non-hydrogen) atoms. The van der Waals surface area contributed by atoms with Crippen LogP contribution in [-0.2, 0) is 0 Å². The van der Waals surface area contributed by atoms with E-state index >= 15 is 0 Å². The fourth-order valence-corrected chi connectivity index (χ4v) is 9.49.